The quantitative estimate of drug-likeness (QED) is 0.722. The van der Waals surface area contributed by atoms with Crippen molar-refractivity contribution in [2.75, 3.05) is 19.0 Å². The first-order chi connectivity index (χ1) is 6.52. The van der Waals surface area contributed by atoms with Crippen molar-refractivity contribution in [2.45, 2.75) is 6.04 Å². The van der Waals surface area contributed by atoms with Crippen molar-refractivity contribution in [3.63, 3.8) is 0 Å². The van der Waals surface area contributed by atoms with Crippen LogP contribution in [0.15, 0.2) is 24.3 Å². The molecular formula is C10H15N3O. The molecule has 0 aliphatic heterocycles. The van der Waals surface area contributed by atoms with Gasteiger partial charge in [0.15, 0.2) is 0 Å². The fourth-order valence-corrected chi connectivity index (χ4v) is 1.14. The van der Waals surface area contributed by atoms with E-state index in [1.54, 1.807) is 0 Å². The number of rotatable bonds is 3. The number of amides is 1. The smallest absolute Gasteiger partial charge is 0.238 e. The molecule has 0 aromatic heterocycles. The normalized spacial score (nSPS) is 12.2. The Kier molecular flexibility index (Phi) is 3.09. The fourth-order valence-electron chi connectivity index (χ4n) is 1.14. The average Bonchev–Trinajstić information content (AvgIpc) is 2.16. The number of nitrogens with zero attached hydrogens (tertiary/aromatic N) is 1. The molecule has 4 nitrogen and oxygen atoms in total. The Hall–Kier alpha value is -1.55. The molecule has 0 spiro atoms. The Bertz CT molecular complexity index is 319. The van der Waals surface area contributed by atoms with Crippen LogP contribution in [0.3, 0.4) is 0 Å². The number of hydrogen-bond donors (Lipinski definition) is 2. The molecule has 0 bridgehead atoms. The van der Waals surface area contributed by atoms with Crippen molar-refractivity contribution >= 4 is 11.6 Å². The van der Waals surface area contributed by atoms with Gasteiger partial charge in [0.25, 0.3) is 0 Å². The summed E-state index contributed by atoms with van der Waals surface area (Å²) in [4.78, 5) is 12.8. The van der Waals surface area contributed by atoms with Crippen LogP contribution in [0.2, 0.25) is 0 Å². The molecule has 0 fully saturated rings. The van der Waals surface area contributed by atoms with Crippen molar-refractivity contribution in [1.29, 1.82) is 0 Å². The minimum atomic E-state index is -0.716. The zero-order chi connectivity index (χ0) is 10.7. The number of anilines is 1. The van der Waals surface area contributed by atoms with Gasteiger partial charge in [-0.05, 0) is 17.7 Å². The summed E-state index contributed by atoms with van der Waals surface area (Å²) in [5, 5.41) is 0. The SMILES string of the molecule is CN(C)c1ccc(C(N)C(N)=O)cc1. The maximum absolute atomic E-state index is 10.8. The number of carbonyl (C=O) groups excluding carboxylic acids is 1. The van der Waals surface area contributed by atoms with Crippen LogP contribution in [0.4, 0.5) is 5.69 Å². The molecule has 1 rings (SSSR count). The lowest BCUT2D eigenvalue weighted by Gasteiger charge is -2.14. The highest BCUT2D eigenvalue weighted by Gasteiger charge is 2.11. The van der Waals surface area contributed by atoms with Crippen LogP contribution in [0.1, 0.15) is 11.6 Å². The van der Waals surface area contributed by atoms with Crippen molar-refractivity contribution in [3.8, 4) is 0 Å². The van der Waals surface area contributed by atoms with Crippen LogP contribution in [0.5, 0.6) is 0 Å². The summed E-state index contributed by atoms with van der Waals surface area (Å²) in [6.07, 6.45) is 0. The summed E-state index contributed by atoms with van der Waals surface area (Å²) in [6, 6.07) is 6.71. The van der Waals surface area contributed by atoms with E-state index < -0.39 is 11.9 Å². The molecule has 1 aromatic rings. The summed E-state index contributed by atoms with van der Waals surface area (Å²) in [7, 11) is 3.89. The average molecular weight is 193 g/mol. The van der Waals surface area contributed by atoms with Crippen molar-refractivity contribution < 1.29 is 4.79 Å². The summed E-state index contributed by atoms with van der Waals surface area (Å²) in [5.41, 5.74) is 12.5. The Labute approximate surface area is 83.5 Å². The Morgan fingerprint density at radius 1 is 1.29 bits per heavy atom. The highest BCUT2D eigenvalue weighted by Crippen LogP contribution is 2.15. The molecule has 0 aliphatic rings. The van der Waals surface area contributed by atoms with Crippen LogP contribution in [-0.2, 0) is 4.79 Å². The highest BCUT2D eigenvalue weighted by atomic mass is 16.1. The second kappa shape index (κ2) is 4.11. The van der Waals surface area contributed by atoms with E-state index in [9.17, 15) is 4.79 Å². The lowest BCUT2D eigenvalue weighted by Crippen LogP contribution is -2.28. The molecule has 0 heterocycles. The molecule has 76 valence electrons. The molecule has 1 atom stereocenters. The standard InChI is InChI=1S/C10H15N3O/c1-13(2)8-5-3-7(4-6-8)9(11)10(12)14/h3-6,9H,11H2,1-2H3,(H2,12,14). The van der Waals surface area contributed by atoms with Gasteiger partial charge in [0.1, 0.15) is 6.04 Å². The second-order valence-corrected chi connectivity index (χ2v) is 3.37. The number of benzene rings is 1. The lowest BCUT2D eigenvalue weighted by molar-refractivity contribution is -0.119. The van der Waals surface area contributed by atoms with E-state index in [2.05, 4.69) is 0 Å². The van der Waals surface area contributed by atoms with Gasteiger partial charge in [-0.25, -0.2) is 0 Å². The van der Waals surface area contributed by atoms with E-state index in [0.29, 0.717) is 0 Å². The third kappa shape index (κ3) is 2.23. The molecule has 1 unspecified atom stereocenters. The largest absolute Gasteiger partial charge is 0.378 e. The number of primary amides is 1. The van der Waals surface area contributed by atoms with Gasteiger partial charge in [0, 0.05) is 19.8 Å². The maximum atomic E-state index is 10.8. The molecule has 0 aliphatic carbocycles. The van der Waals surface area contributed by atoms with E-state index in [-0.39, 0.29) is 0 Å². The van der Waals surface area contributed by atoms with Crippen LogP contribution in [0.25, 0.3) is 0 Å². The molecule has 0 saturated carbocycles. The first kappa shape index (κ1) is 10.5. The summed E-state index contributed by atoms with van der Waals surface area (Å²) in [5.74, 6) is -0.511. The molecule has 0 saturated heterocycles. The molecule has 1 amide bonds. The minimum absolute atomic E-state index is 0.511. The van der Waals surface area contributed by atoms with Gasteiger partial charge in [-0.3, -0.25) is 4.79 Å². The van der Waals surface area contributed by atoms with E-state index in [1.807, 2.05) is 43.3 Å². The highest BCUT2D eigenvalue weighted by molar-refractivity contribution is 5.81. The minimum Gasteiger partial charge on any atom is -0.378 e. The van der Waals surface area contributed by atoms with Gasteiger partial charge >= 0.3 is 0 Å². The lowest BCUT2D eigenvalue weighted by atomic mass is 10.1. The maximum Gasteiger partial charge on any atom is 0.238 e. The Morgan fingerprint density at radius 3 is 2.14 bits per heavy atom. The Morgan fingerprint density at radius 2 is 1.79 bits per heavy atom. The van der Waals surface area contributed by atoms with Crippen LogP contribution >= 0.6 is 0 Å². The number of carbonyl (C=O) groups is 1. The fraction of sp³-hybridized carbons (Fsp3) is 0.300. The molecular weight excluding hydrogens is 178 g/mol. The van der Waals surface area contributed by atoms with Gasteiger partial charge < -0.3 is 16.4 Å². The molecule has 4 N–H and O–H groups in total. The van der Waals surface area contributed by atoms with Gasteiger partial charge in [-0.1, -0.05) is 12.1 Å². The van der Waals surface area contributed by atoms with Crippen LogP contribution in [0, 0.1) is 0 Å². The van der Waals surface area contributed by atoms with Gasteiger partial charge in [-0.15, -0.1) is 0 Å². The van der Waals surface area contributed by atoms with Gasteiger partial charge in [0.05, 0.1) is 0 Å². The molecule has 0 radical (unpaired) electrons. The zero-order valence-electron chi connectivity index (χ0n) is 8.40. The van der Waals surface area contributed by atoms with E-state index >= 15 is 0 Å². The van der Waals surface area contributed by atoms with E-state index in [4.69, 9.17) is 11.5 Å². The predicted molar refractivity (Wildman–Crippen MR) is 56.9 cm³/mol. The third-order valence-electron chi connectivity index (χ3n) is 2.08. The first-order valence-corrected chi connectivity index (χ1v) is 4.34. The van der Waals surface area contributed by atoms with Gasteiger partial charge in [0.2, 0.25) is 5.91 Å². The third-order valence-corrected chi connectivity index (χ3v) is 2.08. The van der Waals surface area contributed by atoms with Crippen molar-refractivity contribution in [2.24, 2.45) is 11.5 Å². The topological polar surface area (TPSA) is 72.3 Å². The second-order valence-electron chi connectivity index (χ2n) is 3.37. The van der Waals surface area contributed by atoms with Gasteiger partial charge in [-0.2, -0.15) is 0 Å². The number of hydrogen-bond acceptors (Lipinski definition) is 3. The number of nitrogens with two attached hydrogens (primary N) is 2. The summed E-state index contributed by atoms with van der Waals surface area (Å²) < 4.78 is 0. The van der Waals surface area contributed by atoms with Crippen LogP contribution < -0.4 is 16.4 Å². The van der Waals surface area contributed by atoms with Crippen molar-refractivity contribution in [1.82, 2.24) is 0 Å². The Balaban J connectivity index is 2.88. The monoisotopic (exact) mass is 193 g/mol. The van der Waals surface area contributed by atoms with Crippen LogP contribution in [-0.4, -0.2) is 20.0 Å². The van der Waals surface area contributed by atoms with E-state index in [1.165, 1.54) is 0 Å². The summed E-state index contributed by atoms with van der Waals surface area (Å²) in [6.45, 7) is 0. The van der Waals surface area contributed by atoms with E-state index in [0.717, 1.165) is 11.3 Å². The predicted octanol–water partition coefficient (Wildman–Crippen LogP) is 0.238. The first-order valence-electron chi connectivity index (χ1n) is 4.34. The summed E-state index contributed by atoms with van der Waals surface area (Å²) >= 11 is 0. The molecule has 4 heteroatoms. The molecule has 14 heavy (non-hydrogen) atoms. The zero-order valence-corrected chi connectivity index (χ0v) is 8.40. The molecule has 1 aromatic carbocycles. The van der Waals surface area contributed by atoms with Crippen molar-refractivity contribution in [3.05, 3.63) is 29.8 Å².